The Morgan fingerprint density at radius 2 is 1.83 bits per heavy atom. The van der Waals surface area contributed by atoms with E-state index in [1.807, 2.05) is 0 Å². The fraction of sp³-hybridized carbons (Fsp3) is 0.333. The molecule has 0 radical (unpaired) electrons. The quantitative estimate of drug-likeness (QED) is 0.636. The van der Waals surface area contributed by atoms with E-state index in [9.17, 15) is 22.4 Å². The monoisotopic (exact) mass is 433 g/mol. The summed E-state index contributed by atoms with van der Waals surface area (Å²) >= 11 is 0. The van der Waals surface area contributed by atoms with Crippen LogP contribution in [-0.2, 0) is 14.8 Å². The van der Waals surface area contributed by atoms with Gasteiger partial charge in [0, 0.05) is 37.3 Å². The Bertz CT molecular complexity index is 1020. The van der Waals surface area contributed by atoms with Crippen LogP contribution in [0.15, 0.2) is 53.4 Å². The zero-order chi connectivity index (χ0) is 21.7. The second kappa shape index (κ2) is 9.36. The van der Waals surface area contributed by atoms with Gasteiger partial charge in [0.1, 0.15) is 5.82 Å². The largest absolute Gasteiger partial charge is 0.349 e. The number of halogens is 1. The maximum atomic E-state index is 13.0. The van der Waals surface area contributed by atoms with Crippen LogP contribution in [0.25, 0.3) is 0 Å². The van der Waals surface area contributed by atoms with Gasteiger partial charge in [0.05, 0.1) is 4.90 Å². The number of hydrogen-bond donors (Lipinski definition) is 2. The third kappa shape index (κ3) is 5.87. The number of nitrogens with zero attached hydrogens (tertiary/aromatic N) is 1. The summed E-state index contributed by atoms with van der Waals surface area (Å²) in [5.74, 6) is -0.953. The molecule has 3 rings (SSSR count). The molecule has 0 aliphatic heterocycles. The summed E-state index contributed by atoms with van der Waals surface area (Å²) in [4.78, 5) is 24.3. The van der Waals surface area contributed by atoms with Crippen molar-refractivity contribution < 1.29 is 22.4 Å². The number of hydrogen-bond acceptors (Lipinski definition) is 4. The molecule has 0 unspecified atom stereocenters. The summed E-state index contributed by atoms with van der Waals surface area (Å²) in [5.41, 5.74) is 0.987. The number of anilines is 1. The number of carbonyl (C=O) groups excluding carboxylic acids is 2. The van der Waals surface area contributed by atoms with Crippen LogP contribution >= 0.6 is 0 Å². The molecule has 2 amide bonds. The molecule has 30 heavy (non-hydrogen) atoms. The molecule has 1 aliphatic carbocycles. The number of nitrogens with one attached hydrogen (secondary N) is 2. The molecule has 2 N–H and O–H groups in total. The fourth-order valence-corrected chi connectivity index (χ4v) is 4.04. The van der Waals surface area contributed by atoms with Crippen molar-refractivity contribution in [3.8, 4) is 0 Å². The van der Waals surface area contributed by atoms with Crippen LogP contribution in [-0.4, -0.2) is 44.2 Å². The van der Waals surface area contributed by atoms with Gasteiger partial charge in [0.25, 0.3) is 5.91 Å². The molecule has 0 aromatic heterocycles. The summed E-state index contributed by atoms with van der Waals surface area (Å²) in [6.45, 7) is 0.136. The molecule has 0 bridgehead atoms. The van der Waals surface area contributed by atoms with Gasteiger partial charge in [-0.25, -0.2) is 17.1 Å². The zero-order valence-corrected chi connectivity index (χ0v) is 17.4. The maximum Gasteiger partial charge on any atom is 0.251 e. The highest BCUT2D eigenvalue weighted by molar-refractivity contribution is 7.89. The van der Waals surface area contributed by atoms with E-state index in [0.717, 1.165) is 29.3 Å². The highest BCUT2D eigenvalue weighted by Crippen LogP contribution is 2.20. The molecule has 2 aromatic rings. The van der Waals surface area contributed by atoms with E-state index in [0.29, 0.717) is 17.7 Å². The Balaban J connectivity index is 1.48. The first-order valence-electron chi connectivity index (χ1n) is 9.68. The van der Waals surface area contributed by atoms with Gasteiger partial charge in [-0.3, -0.25) is 9.59 Å². The SMILES string of the molecule is CN(CCCC(=O)Nc1cccc(C(=O)NC2CC2)c1)S(=O)(=O)c1ccc(F)cc1. The standard InChI is InChI=1S/C21H24FN3O4S/c1-25(30(28,29)19-11-7-16(22)8-12-19)13-3-6-20(26)23-18-5-2-4-15(14-18)21(27)24-17-9-10-17/h2,4-5,7-8,11-12,14,17H,3,6,9-10,13H2,1H3,(H,23,26)(H,24,27). The lowest BCUT2D eigenvalue weighted by Gasteiger charge is -2.17. The average Bonchev–Trinajstić information content (AvgIpc) is 3.52. The molecule has 1 saturated carbocycles. The predicted octanol–water partition coefficient (Wildman–Crippen LogP) is 2.76. The van der Waals surface area contributed by atoms with E-state index in [2.05, 4.69) is 10.6 Å². The van der Waals surface area contributed by atoms with E-state index in [4.69, 9.17) is 0 Å². The summed E-state index contributed by atoms with van der Waals surface area (Å²) in [5, 5.41) is 5.62. The third-order valence-corrected chi connectivity index (χ3v) is 6.59. The Morgan fingerprint density at radius 3 is 2.50 bits per heavy atom. The Hall–Kier alpha value is -2.78. The summed E-state index contributed by atoms with van der Waals surface area (Å²) < 4.78 is 39.0. The van der Waals surface area contributed by atoms with Gasteiger partial charge in [-0.15, -0.1) is 0 Å². The second-order valence-corrected chi connectivity index (χ2v) is 9.31. The van der Waals surface area contributed by atoms with Crippen LogP contribution in [0.5, 0.6) is 0 Å². The Labute approximate surface area is 175 Å². The van der Waals surface area contributed by atoms with Crippen LogP contribution in [0, 0.1) is 5.82 Å². The minimum absolute atomic E-state index is 0.00265. The normalized spacial score (nSPS) is 13.8. The molecular weight excluding hydrogens is 409 g/mol. The lowest BCUT2D eigenvalue weighted by Crippen LogP contribution is -2.28. The van der Waals surface area contributed by atoms with Crippen molar-refractivity contribution in [1.29, 1.82) is 0 Å². The van der Waals surface area contributed by atoms with Crippen molar-refractivity contribution in [1.82, 2.24) is 9.62 Å². The van der Waals surface area contributed by atoms with Gasteiger partial charge >= 0.3 is 0 Å². The van der Waals surface area contributed by atoms with Crippen molar-refractivity contribution in [2.24, 2.45) is 0 Å². The number of carbonyl (C=O) groups is 2. The first-order valence-corrected chi connectivity index (χ1v) is 11.1. The van der Waals surface area contributed by atoms with Crippen molar-refractivity contribution in [2.45, 2.75) is 36.6 Å². The zero-order valence-electron chi connectivity index (χ0n) is 16.6. The van der Waals surface area contributed by atoms with E-state index in [1.54, 1.807) is 24.3 Å². The number of amides is 2. The van der Waals surface area contributed by atoms with Crippen LogP contribution in [0.2, 0.25) is 0 Å². The molecule has 160 valence electrons. The molecule has 0 atom stereocenters. The Morgan fingerprint density at radius 1 is 1.13 bits per heavy atom. The van der Waals surface area contributed by atoms with Crippen molar-refractivity contribution in [2.75, 3.05) is 18.9 Å². The summed E-state index contributed by atoms with van der Waals surface area (Å²) in [6.07, 6.45) is 2.41. The van der Waals surface area contributed by atoms with Crippen molar-refractivity contribution in [3.05, 3.63) is 59.9 Å². The van der Waals surface area contributed by atoms with Crippen molar-refractivity contribution >= 4 is 27.5 Å². The van der Waals surface area contributed by atoms with Gasteiger partial charge < -0.3 is 10.6 Å². The molecule has 0 heterocycles. The van der Waals surface area contributed by atoms with Gasteiger partial charge in [0.15, 0.2) is 0 Å². The number of sulfonamides is 1. The fourth-order valence-electron chi connectivity index (χ4n) is 2.83. The van der Waals surface area contributed by atoms with Crippen LogP contribution < -0.4 is 10.6 Å². The van der Waals surface area contributed by atoms with E-state index >= 15 is 0 Å². The minimum Gasteiger partial charge on any atom is -0.349 e. The number of rotatable bonds is 9. The first-order chi connectivity index (χ1) is 14.3. The molecule has 7 nitrogen and oxygen atoms in total. The van der Waals surface area contributed by atoms with Gasteiger partial charge in [-0.1, -0.05) is 6.07 Å². The van der Waals surface area contributed by atoms with Crippen LogP contribution in [0.3, 0.4) is 0 Å². The average molecular weight is 434 g/mol. The number of benzene rings is 2. The van der Waals surface area contributed by atoms with Crippen molar-refractivity contribution in [3.63, 3.8) is 0 Å². The molecule has 1 aliphatic rings. The summed E-state index contributed by atoms with van der Waals surface area (Å²) in [7, 11) is -2.33. The predicted molar refractivity (Wildman–Crippen MR) is 111 cm³/mol. The summed E-state index contributed by atoms with van der Waals surface area (Å²) in [6, 6.07) is 11.5. The van der Waals surface area contributed by atoms with Gasteiger partial charge in [0.2, 0.25) is 15.9 Å². The highest BCUT2D eigenvalue weighted by Gasteiger charge is 2.24. The van der Waals surface area contributed by atoms with E-state index < -0.39 is 15.8 Å². The lowest BCUT2D eigenvalue weighted by molar-refractivity contribution is -0.116. The molecular formula is C21H24FN3O4S. The van der Waals surface area contributed by atoms with E-state index in [-0.39, 0.29) is 35.7 Å². The van der Waals surface area contributed by atoms with Gasteiger partial charge in [-0.2, -0.15) is 0 Å². The molecule has 9 heteroatoms. The van der Waals surface area contributed by atoms with Crippen LogP contribution in [0.4, 0.5) is 10.1 Å². The van der Waals surface area contributed by atoms with Crippen LogP contribution in [0.1, 0.15) is 36.0 Å². The van der Waals surface area contributed by atoms with Gasteiger partial charge in [-0.05, 0) is 61.7 Å². The van der Waals surface area contributed by atoms with E-state index in [1.165, 1.54) is 19.2 Å². The Kier molecular flexibility index (Phi) is 6.84. The molecule has 0 spiro atoms. The molecule has 1 fully saturated rings. The maximum absolute atomic E-state index is 13.0. The highest BCUT2D eigenvalue weighted by atomic mass is 32.2. The second-order valence-electron chi connectivity index (χ2n) is 7.26. The minimum atomic E-state index is -3.74. The first kappa shape index (κ1) is 21.9. The molecule has 2 aromatic carbocycles. The molecule has 0 saturated heterocycles. The topological polar surface area (TPSA) is 95.6 Å². The third-order valence-electron chi connectivity index (χ3n) is 4.72. The lowest BCUT2D eigenvalue weighted by atomic mass is 10.2. The smallest absolute Gasteiger partial charge is 0.251 e.